The lowest BCUT2D eigenvalue weighted by molar-refractivity contribution is 0.102. The van der Waals surface area contributed by atoms with Crippen molar-refractivity contribution in [1.29, 1.82) is 0 Å². The highest BCUT2D eigenvalue weighted by atomic mass is 32.1. The first-order chi connectivity index (χ1) is 20.1. The van der Waals surface area contributed by atoms with E-state index in [1.54, 1.807) is 19.3 Å². The van der Waals surface area contributed by atoms with E-state index in [0.29, 0.717) is 22.9 Å². The molecule has 3 N–H and O–H groups in total. The second-order valence-corrected chi connectivity index (χ2v) is 10.8. The molecule has 9 nitrogen and oxygen atoms in total. The lowest BCUT2D eigenvalue weighted by atomic mass is 10.1. The largest absolute Gasteiger partial charge is 0.336 e. The van der Waals surface area contributed by atoms with Gasteiger partial charge in [0.15, 0.2) is 11.6 Å². The zero-order valence-corrected chi connectivity index (χ0v) is 22.9. The van der Waals surface area contributed by atoms with E-state index in [4.69, 9.17) is 4.98 Å². The van der Waals surface area contributed by atoms with Crippen LogP contribution in [0.5, 0.6) is 0 Å². The van der Waals surface area contributed by atoms with Gasteiger partial charge < -0.3 is 10.3 Å². The third-order valence-electron chi connectivity index (χ3n) is 6.85. The molecule has 200 valence electrons. The molecule has 0 aliphatic carbocycles. The molecule has 0 bridgehead atoms. The number of fused-ring (bicyclic) bond motifs is 2. The Morgan fingerprint density at radius 1 is 0.902 bits per heavy atom. The number of benzene rings is 1. The van der Waals surface area contributed by atoms with Gasteiger partial charge in [-0.05, 0) is 48.4 Å². The summed E-state index contributed by atoms with van der Waals surface area (Å²) < 4.78 is 0. The van der Waals surface area contributed by atoms with Crippen LogP contribution in [0.2, 0.25) is 0 Å². The predicted molar refractivity (Wildman–Crippen MR) is 160 cm³/mol. The summed E-state index contributed by atoms with van der Waals surface area (Å²) in [5, 5.41) is 12.0. The van der Waals surface area contributed by atoms with Crippen molar-refractivity contribution in [1.82, 2.24) is 40.4 Å². The summed E-state index contributed by atoms with van der Waals surface area (Å²) in [7, 11) is 0. The molecule has 0 atom stereocenters. The minimum absolute atomic E-state index is 0.0349. The smallest absolute Gasteiger partial charge is 0.169 e. The van der Waals surface area contributed by atoms with Gasteiger partial charge in [0, 0.05) is 42.6 Å². The van der Waals surface area contributed by atoms with E-state index in [1.807, 2.05) is 54.9 Å². The molecule has 6 heterocycles. The Hall–Kier alpha value is -5.06. The molecule has 6 aromatic heterocycles. The molecule has 0 saturated heterocycles. The summed E-state index contributed by atoms with van der Waals surface area (Å²) in [6.45, 7) is 3.05. The minimum atomic E-state index is 0.0349. The number of hydrogen-bond acceptors (Lipinski definition) is 8. The summed E-state index contributed by atoms with van der Waals surface area (Å²) in [5.74, 6) is 0.658. The van der Waals surface area contributed by atoms with Crippen molar-refractivity contribution in [3.05, 3.63) is 101 Å². The summed E-state index contributed by atoms with van der Waals surface area (Å²) in [4.78, 5) is 35.4. The highest BCUT2D eigenvalue weighted by Crippen LogP contribution is 2.34. The first-order valence-electron chi connectivity index (χ1n) is 13.1. The Morgan fingerprint density at radius 3 is 2.63 bits per heavy atom. The number of carbonyl (C=O) groups is 1. The first-order valence-corrected chi connectivity index (χ1v) is 13.9. The third kappa shape index (κ3) is 4.90. The SMILES string of the molecule is CC(=O)c1ccc(-c2nccc3[nH]c(-c4n[nH]c5cnc(-c6cncc(CNCc7ccccc7)c6)cc45)nc23)s1. The molecule has 0 saturated carbocycles. The molecule has 1 aromatic carbocycles. The lowest BCUT2D eigenvalue weighted by Gasteiger charge is -2.07. The number of carbonyl (C=O) groups excluding carboxylic acids is 1. The Kier molecular flexibility index (Phi) is 6.38. The maximum Gasteiger partial charge on any atom is 0.169 e. The summed E-state index contributed by atoms with van der Waals surface area (Å²) >= 11 is 1.42. The van der Waals surface area contributed by atoms with Crippen LogP contribution in [0.1, 0.15) is 27.7 Å². The zero-order valence-electron chi connectivity index (χ0n) is 22.0. The molecule has 0 spiro atoms. The van der Waals surface area contributed by atoms with E-state index < -0.39 is 0 Å². The monoisotopic (exact) mass is 556 g/mol. The fourth-order valence-corrected chi connectivity index (χ4v) is 5.71. The molecule has 0 radical (unpaired) electrons. The van der Waals surface area contributed by atoms with Gasteiger partial charge in [-0.25, -0.2) is 4.98 Å². The number of H-pyrrole nitrogens is 2. The van der Waals surface area contributed by atoms with Crippen LogP contribution in [0.25, 0.3) is 55.3 Å². The van der Waals surface area contributed by atoms with Crippen LogP contribution in [-0.2, 0) is 13.1 Å². The zero-order chi connectivity index (χ0) is 27.8. The Bertz CT molecular complexity index is 2020. The maximum atomic E-state index is 11.8. The normalized spacial score (nSPS) is 11.4. The van der Waals surface area contributed by atoms with E-state index in [2.05, 4.69) is 53.6 Å². The number of ketones is 1. The molecule has 0 aliphatic rings. The van der Waals surface area contributed by atoms with Crippen LogP contribution in [0.15, 0.2) is 85.5 Å². The number of Topliss-reactive ketones (excluding diaryl/α,β-unsaturated/α-hetero) is 1. The van der Waals surface area contributed by atoms with E-state index in [9.17, 15) is 4.79 Å². The van der Waals surface area contributed by atoms with Crippen molar-refractivity contribution in [3.63, 3.8) is 0 Å². The highest BCUT2D eigenvalue weighted by molar-refractivity contribution is 7.17. The number of pyridine rings is 3. The molecule has 0 fully saturated rings. The average Bonchev–Trinajstić information content (AvgIpc) is 3.76. The van der Waals surface area contributed by atoms with Gasteiger partial charge in [0.1, 0.15) is 16.9 Å². The van der Waals surface area contributed by atoms with Crippen LogP contribution >= 0.6 is 11.3 Å². The number of imidazole rings is 1. The molecule has 0 unspecified atom stereocenters. The number of thiophene rings is 1. The number of aromatic nitrogens is 7. The quantitative estimate of drug-likeness (QED) is 0.191. The fraction of sp³-hybridized carbons (Fsp3) is 0.0968. The van der Waals surface area contributed by atoms with Gasteiger partial charge in [0.05, 0.1) is 32.7 Å². The van der Waals surface area contributed by atoms with E-state index in [0.717, 1.165) is 55.9 Å². The second kappa shape index (κ2) is 10.5. The van der Waals surface area contributed by atoms with Gasteiger partial charge in [-0.1, -0.05) is 30.3 Å². The molecule has 0 aliphatic heterocycles. The van der Waals surface area contributed by atoms with E-state index in [-0.39, 0.29) is 5.78 Å². The lowest BCUT2D eigenvalue weighted by Crippen LogP contribution is -2.12. The minimum Gasteiger partial charge on any atom is -0.336 e. The van der Waals surface area contributed by atoms with Crippen LogP contribution in [0.3, 0.4) is 0 Å². The van der Waals surface area contributed by atoms with Crippen molar-refractivity contribution < 1.29 is 4.79 Å². The number of nitrogens with one attached hydrogen (secondary N) is 3. The van der Waals surface area contributed by atoms with Crippen LogP contribution in [0, 0.1) is 0 Å². The number of rotatable bonds is 8. The number of aromatic amines is 2. The Morgan fingerprint density at radius 2 is 1.78 bits per heavy atom. The molecule has 41 heavy (non-hydrogen) atoms. The molecule has 7 rings (SSSR count). The number of nitrogens with zero attached hydrogens (tertiary/aromatic N) is 5. The van der Waals surface area contributed by atoms with Crippen LogP contribution < -0.4 is 5.32 Å². The average molecular weight is 557 g/mol. The van der Waals surface area contributed by atoms with Gasteiger partial charge >= 0.3 is 0 Å². The standard InChI is InChI=1S/C31H24N8OS/c1-18(40)26-7-8-27(41-26)30-29-23(9-10-34-30)36-31(37-29)28-22-12-24(35-17-25(22)38-39-28)21-11-20(15-33-16-21)14-32-13-19-5-3-2-4-6-19/h2-12,15-17,32H,13-14H2,1H3,(H,36,37)(H,38,39). The third-order valence-corrected chi connectivity index (χ3v) is 8.04. The van der Waals surface area contributed by atoms with Gasteiger partial charge in [-0.15, -0.1) is 11.3 Å². The Labute approximate surface area is 238 Å². The molecular weight excluding hydrogens is 532 g/mol. The van der Waals surface area contributed by atoms with Crippen molar-refractivity contribution in [2.75, 3.05) is 0 Å². The topological polar surface area (TPSA) is 125 Å². The summed E-state index contributed by atoms with van der Waals surface area (Å²) in [6.07, 6.45) is 7.22. The highest BCUT2D eigenvalue weighted by Gasteiger charge is 2.18. The first kappa shape index (κ1) is 24.9. The van der Waals surface area contributed by atoms with Crippen molar-refractivity contribution >= 4 is 39.1 Å². The van der Waals surface area contributed by atoms with Crippen molar-refractivity contribution in [2.45, 2.75) is 20.0 Å². The van der Waals surface area contributed by atoms with E-state index >= 15 is 0 Å². The van der Waals surface area contributed by atoms with Gasteiger partial charge in [-0.2, -0.15) is 5.10 Å². The van der Waals surface area contributed by atoms with Crippen LogP contribution in [-0.4, -0.2) is 40.9 Å². The summed E-state index contributed by atoms with van der Waals surface area (Å²) in [5.41, 5.74) is 7.83. The second-order valence-electron chi connectivity index (χ2n) is 9.72. The van der Waals surface area contributed by atoms with E-state index in [1.165, 1.54) is 16.9 Å². The van der Waals surface area contributed by atoms with Crippen molar-refractivity contribution in [2.24, 2.45) is 0 Å². The van der Waals surface area contributed by atoms with Gasteiger partial charge in [-0.3, -0.25) is 24.8 Å². The molecule has 7 aromatic rings. The fourth-order valence-electron chi connectivity index (χ4n) is 4.81. The van der Waals surface area contributed by atoms with Crippen LogP contribution in [0.4, 0.5) is 0 Å². The molecular formula is C31H24N8OS. The van der Waals surface area contributed by atoms with Gasteiger partial charge in [0.25, 0.3) is 0 Å². The number of hydrogen-bond donors (Lipinski definition) is 3. The molecule has 10 heteroatoms. The van der Waals surface area contributed by atoms with Gasteiger partial charge in [0.2, 0.25) is 0 Å². The van der Waals surface area contributed by atoms with Crippen molar-refractivity contribution in [3.8, 4) is 33.3 Å². The predicted octanol–water partition coefficient (Wildman–Crippen LogP) is 6.18. The maximum absolute atomic E-state index is 11.8. The molecule has 0 amide bonds. The summed E-state index contributed by atoms with van der Waals surface area (Å²) in [6, 6.07) is 20.1. The Balaban J connectivity index is 1.19.